The number of rotatable bonds is 3. The number of aromatic nitrogens is 1. The lowest BCUT2D eigenvalue weighted by Gasteiger charge is -2.20. The second-order valence-corrected chi connectivity index (χ2v) is 6.64. The maximum absolute atomic E-state index is 12.5. The van der Waals surface area contributed by atoms with Gasteiger partial charge in [0.05, 0.1) is 17.0 Å². The summed E-state index contributed by atoms with van der Waals surface area (Å²) in [5.41, 5.74) is 2.24. The summed E-state index contributed by atoms with van der Waals surface area (Å²) >= 11 is 0. The van der Waals surface area contributed by atoms with Crippen LogP contribution in [-0.2, 0) is 9.57 Å². The van der Waals surface area contributed by atoms with E-state index in [1.54, 1.807) is 12.3 Å². The van der Waals surface area contributed by atoms with Gasteiger partial charge in [-0.05, 0) is 39.0 Å². The Morgan fingerprint density at radius 1 is 1.17 bits per heavy atom. The van der Waals surface area contributed by atoms with Crippen molar-refractivity contribution >= 4 is 11.7 Å². The molecule has 124 valence electrons. The molecule has 0 amide bonds. The van der Waals surface area contributed by atoms with E-state index in [2.05, 4.69) is 10.1 Å². The Morgan fingerprint density at radius 3 is 2.62 bits per heavy atom. The Labute approximate surface area is 141 Å². The monoisotopic (exact) mass is 324 g/mol. The van der Waals surface area contributed by atoms with E-state index in [1.165, 1.54) is 0 Å². The molecule has 0 spiro atoms. The smallest absolute Gasteiger partial charge is 0.339 e. The van der Waals surface area contributed by atoms with E-state index in [0.717, 1.165) is 17.0 Å². The molecular formula is C19H20N2O3. The van der Waals surface area contributed by atoms with E-state index >= 15 is 0 Å². The van der Waals surface area contributed by atoms with Crippen LogP contribution in [0, 0.1) is 0 Å². The van der Waals surface area contributed by atoms with Crippen LogP contribution in [0.15, 0.2) is 53.8 Å². The van der Waals surface area contributed by atoms with Crippen LogP contribution in [0.25, 0.3) is 0 Å². The van der Waals surface area contributed by atoms with Gasteiger partial charge in [-0.25, -0.2) is 4.79 Å². The number of esters is 1. The molecule has 24 heavy (non-hydrogen) atoms. The Morgan fingerprint density at radius 2 is 1.92 bits per heavy atom. The van der Waals surface area contributed by atoms with Gasteiger partial charge in [-0.15, -0.1) is 0 Å². The Hall–Kier alpha value is -2.69. The number of hydrogen-bond donors (Lipinski definition) is 0. The maximum atomic E-state index is 12.5. The van der Waals surface area contributed by atoms with Gasteiger partial charge < -0.3 is 9.57 Å². The second kappa shape index (κ2) is 6.43. The highest BCUT2D eigenvalue weighted by Gasteiger charge is 2.28. The van der Waals surface area contributed by atoms with E-state index in [-0.39, 0.29) is 12.1 Å². The molecule has 0 N–H and O–H groups in total. The lowest BCUT2D eigenvalue weighted by atomic mass is 9.98. The summed E-state index contributed by atoms with van der Waals surface area (Å²) in [5.74, 6) is -0.359. The normalized spacial score (nSPS) is 17.1. The summed E-state index contributed by atoms with van der Waals surface area (Å²) in [6.45, 7) is 5.54. The molecule has 0 unspecified atom stereocenters. The molecule has 5 heteroatoms. The lowest BCUT2D eigenvalue weighted by Crippen LogP contribution is -2.25. The molecule has 1 aromatic carbocycles. The van der Waals surface area contributed by atoms with Crippen LogP contribution >= 0.6 is 0 Å². The molecule has 2 heterocycles. The summed E-state index contributed by atoms with van der Waals surface area (Å²) in [4.78, 5) is 22.3. The van der Waals surface area contributed by atoms with Crippen molar-refractivity contribution in [3.8, 4) is 0 Å². The van der Waals surface area contributed by atoms with Crippen LogP contribution in [0.1, 0.15) is 54.9 Å². The highest BCUT2D eigenvalue weighted by atomic mass is 16.6. The van der Waals surface area contributed by atoms with Gasteiger partial charge in [0.15, 0.2) is 6.10 Å². The fourth-order valence-electron chi connectivity index (χ4n) is 2.51. The number of nitrogens with zero attached hydrogens (tertiary/aromatic N) is 2. The predicted molar refractivity (Wildman–Crippen MR) is 90.8 cm³/mol. The molecule has 0 bridgehead atoms. The van der Waals surface area contributed by atoms with Gasteiger partial charge in [-0.2, -0.15) is 0 Å². The third-order valence-corrected chi connectivity index (χ3v) is 3.54. The zero-order chi connectivity index (χ0) is 17.2. The van der Waals surface area contributed by atoms with Crippen LogP contribution in [0.5, 0.6) is 0 Å². The first-order valence-electron chi connectivity index (χ1n) is 7.90. The second-order valence-electron chi connectivity index (χ2n) is 6.64. The van der Waals surface area contributed by atoms with Crippen molar-refractivity contribution < 1.29 is 14.4 Å². The van der Waals surface area contributed by atoms with Gasteiger partial charge in [-0.3, -0.25) is 4.98 Å². The van der Waals surface area contributed by atoms with Crippen molar-refractivity contribution in [1.82, 2.24) is 4.98 Å². The zero-order valence-electron chi connectivity index (χ0n) is 14.0. The van der Waals surface area contributed by atoms with Crippen molar-refractivity contribution in [3.63, 3.8) is 0 Å². The largest absolute Gasteiger partial charge is 0.456 e. The number of hydrogen-bond acceptors (Lipinski definition) is 5. The molecule has 5 nitrogen and oxygen atoms in total. The summed E-state index contributed by atoms with van der Waals surface area (Å²) in [6, 6.07) is 13.0. The van der Waals surface area contributed by atoms with Gasteiger partial charge in [0.1, 0.15) is 5.60 Å². The fraction of sp³-hybridized carbons (Fsp3) is 0.316. The average molecular weight is 324 g/mol. The van der Waals surface area contributed by atoms with Crippen molar-refractivity contribution in [1.29, 1.82) is 0 Å². The predicted octanol–water partition coefficient (Wildman–Crippen LogP) is 3.90. The molecule has 3 rings (SSSR count). The molecule has 1 aromatic heterocycles. The minimum Gasteiger partial charge on any atom is -0.456 e. The molecular weight excluding hydrogens is 304 g/mol. The SMILES string of the molecule is CC(C)(C)OC(=O)c1ccccc1C1=NO[C@H](c2ccccn2)C1. The number of benzene rings is 1. The molecule has 1 aliphatic rings. The van der Waals surface area contributed by atoms with Crippen LogP contribution in [0.4, 0.5) is 0 Å². The quantitative estimate of drug-likeness (QED) is 0.803. The van der Waals surface area contributed by atoms with Crippen LogP contribution in [0.2, 0.25) is 0 Å². The van der Waals surface area contributed by atoms with Gasteiger partial charge >= 0.3 is 5.97 Å². The molecule has 0 fully saturated rings. The lowest BCUT2D eigenvalue weighted by molar-refractivity contribution is 0.00693. The summed E-state index contributed by atoms with van der Waals surface area (Å²) in [6.07, 6.45) is 2.07. The molecule has 0 radical (unpaired) electrons. The molecule has 1 atom stereocenters. The zero-order valence-corrected chi connectivity index (χ0v) is 14.0. The van der Waals surface area contributed by atoms with Crippen LogP contribution < -0.4 is 0 Å². The van der Waals surface area contributed by atoms with E-state index in [0.29, 0.717) is 12.0 Å². The summed E-state index contributed by atoms with van der Waals surface area (Å²) < 4.78 is 5.49. The highest BCUT2D eigenvalue weighted by molar-refractivity contribution is 6.09. The molecule has 2 aromatic rings. The first kappa shape index (κ1) is 16.2. The summed E-state index contributed by atoms with van der Waals surface area (Å²) in [5, 5.41) is 4.17. The van der Waals surface area contributed by atoms with Crippen molar-refractivity contribution in [2.45, 2.75) is 38.9 Å². The topological polar surface area (TPSA) is 60.8 Å². The van der Waals surface area contributed by atoms with Gasteiger partial charge in [0, 0.05) is 18.2 Å². The third-order valence-electron chi connectivity index (χ3n) is 3.54. The van der Waals surface area contributed by atoms with E-state index in [9.17, 15) is 4.79 Å². The van der Waals surface area contributed by atoms with Crippen molar-refractivity contribution in [2.24, 2.45) is 5.16 Å². The first-order chi connectivity index (χ1) is 11.4. The molecule has 0 saturated heterocycles. The minimum atomic E-state index is -0.547. The van der Waals surface area contributed by atoms with Crippen LogP contribution in [0.3, 0.4) is 0 Å². The summed E-state index contributed by atoms with van der Waals surface area (Å²) in [7, 11) is 0. The number of oxime groups is 1. The van der Waals surface area contributed by atoms with Gasteiger partial charge in [0.2, 0.25) is 0 Å². The number of carbonyl (C=O) groups excluding carboxylic acids is 1. The van der Waals surface area contributed by atoms with Crippen molar-refractivity contribution in [2.75, 3.05) is 0 Å². The van der Waals surface area contributed by atoms with Gasteiger partial charge in [-0.1, -0.05) is 29.4 Å². The third kappa shape index (κ3) is 3.62. The standard InChI is InChI=1S/C19H20N2O3/c1-19(2,3)23-18(22)14-9-5-4-8-13(14)16-12-17(24-21-16)15-10-6-7-11-20-15/h4-11,17H,12H2,1-3H3/t17-/m0/s1. The highest BCUT2D eigenvalue weighted by Crippen LogP contribution is 2.29. The van der Waals surface area contributed by atoms with Crippen LogP contribution in [-0.4, -0.2) is 22.3 Å². The van der Waals surface area contributed by atoms with E-state index < -0.39 is 5.60 Å². The minimum absolute atomic E-state index is 0.229. The Balaban J connectivity index is 1.82. The molecule has 0 saturated carbocycles. The fourth-order valence-corrected chi connectivity index (χ4v) is 2.51. The maximum Gasteiger partial charge on any atom is 0.339 e. The molecule has 1 aliphatic heterocycles. The van der Waals surface area contributed by atoms with Gasteiger partial charge in [0.25, 0.3) is 0 Å². The first-order valence-corrected chi connectivity index (χ1v) is 7.90. The number of carbonyl (C=O) groups is 1. The Bertz CT molecular complexity index is 764. The van der Waals surface area contributed by atoms with Crippen molar-refractivity contribution in [3.05, 3.63) is 65.5 Å². The van der Waals surface area contributed by atoms with E-state index in [1.807, 2.05) is 57.2 Å². The number of pyridine rings is 1. The number of ether oxygens (including phenoxy) is 1. The molecule has 0 aliphatic carbocycles. The van der Waals surface area contributed by atoms with E-state index in [4.69, 9.17) is 9.57 Å². The average Bonchev–Trinajstić information content (AvgIpc) is 3.04. The Kier molecular flexibility index (Phi) is 4.34.